The molecule has 1 atom stereocenters. The second kappa shape index (κ2) is 5.37. The molecule has 0 radical (unpaired) electrons. The Morgan fingerprint density at radius 3 is 2.79 bits per heavy atom. The summed E-state index contributed by atoms with van der Waals surface area (Å²) >= 11 is 3.43. The van der Waals surface area contributed by atoms with E-state index in [-0.39, 0.29) is 6.10 Å². The summed E-state index contributed by atoms with van der Waals surface area (Å²) in [6.07, 6.45) is 0.194. The molecule has 0 aliphatic rings. The Kier molecular flexibility index (Phi) is 4.42. The van der Waals surface area contributed by atoms with Crippen LogP contribution in [0.25, 0.3) is 0 Å². The van der Waals surface area contributed by atoms with Crippen LogP contribution < -0.4 is 10.1 Å². The van der Waals surface area contributed by atoms with Gasteiger partial charge in [-0.1, -0.05) is 15.9 Å². The number of rotatable bonds is 4. The fraction of sp³-hybridized carbons (Fsp3) is 0.455. The van der Waals surface area contributed by atoms with Crippen LogP contribution in [0, 0.1) is 6.92 Å². The first-order chi connectivity index (χ1) is 6.63. The molecule has 0 aliphatic carbocycles. The van der Waals surface area contributed by atoms with Crippen LogP contribution in [0.5, 0.6) is 5.75 Å². The fourth-order valence-corrected chi connectivity index (χ4v) is 1.77. The van der Waals surface area contributed by atoms with Crippen LogP contribution in [-0.2, 0) is 0 Å². The predicted octanol–water partition coefficient (Wildman–Crippen LogP) is 2.74. The summed E-state index contributed by atoms with van der Waals surface area (Å²) in [5, 5.41) is 3.08. The van der Waals surface area contributed by atoms with Crippen LogP contribution >= 0.6 is 15.9 Å². The topological polar surface area (TPSA) is 21.3 Å². The molecule has 1 unspecified atom stereocenters. The van der Waals surface area contributed by atoms with E-state index in [4.69, 9.17) is 4.74 Å². The summed E-state index contributed by atoms with van der Waals surface area (Å²) < 4.78 is 6.84. The first-order valence-corrected chi connectivity index (χ1v) is 5.50. The molecule has 78 valence electrons. The van der Waals surface area contributed by atoms with Crippen molar-refractivity contribution >= 4 is 15.9 Å². The largest absolute Gasteiger partial charge is 0.489 e. The van der Waals surface area contributed by atoms with Crippen LogP contribution in [0.4, 0.5) is 0 Å². The first-order valence-electron chi connectivity index (χ1n) is 4.71. The van der Waals surface area contributed by atoms with Crippen LogP contribution in [0.2, 0.25) is 0 Å². The van der Waals surface area contributed by atoms with Gasteiger partial charge in [-0.2, -0.15) is 0 Å². The summed E-state index contributed by atoms with van der Waals surface area (Å²) in [5.41, 5.74) is 1.15. The van der Waals surface area contributed by atoms with Crippen molar-refractivity contribution in [1.82, 2.24) is 5.32 Å². The number of nitrogens with one attached hydrogen (secondary N) is 1. The molecular weight excluding hydrogens is 242 g/mol. The molecule has 0 saturated heterocycles. The molecule has 0 bridgehead atoms. The molecule has 0 aliphatic heterocycles. The van der Waals surface area contributed by atoms with Crippen molar-refractivity contribution in [2.45, 2.75) is 20.0 Å². The van der Waals surface area contributed by atoms with Gasteiger partial charge in [0, 0.05) is 11.0 Å². The van der Waals surface area contributed by atoms with Crippen molar-refractivity contribution in [3.8, 4) is 5.75 Å². The van der Waals surface area contributed by atoms with E-state index in [9.17, 15) is 0 Å². The highest BCUT2D eigenvalue weighted by atomic mass is 79.9. The van der Waals surface area contributed by atoms with E-state index in [1.54, 1.807) is 0 Å². The maximum Gasteiger partial charge on any atom is 0.122 e. The van der Waals surface area contributed by atoms with Crippen molar-refractivity contribution < 1.29 is 4.74 Å². The average Bonchev–Trinajstić information content (AvgIpc) is 2.10. The van der Waals surface area contributed by atoms with Crippen molar-refractivity contribution in [3.05, 3.63) is 28.2 Å². The average molecular weight is 258 g/mol. The number of halogens is 1. The molecule has 14 heavy (non-hydrogen) atoms. The fourth-order valence-electron chi connectivity index (χ4n) is 1.29. The highest BCUT2D eigenvalue weighted by molar-refractivity contribution is 9.10. The minimum absolute atomic E-state index is 0.194. The van der Waals surface area contributed by atoms with Crippen LogP contribution in [0.3, 0.4) is 0 Å². The van der Waals surface area contributed by atoms with Gasteiger partial charge in [0.1, 0.15) is 11.9 Å². The highest BCUT2D eigenvalue weighted by Gasteiger charge is 2.05. The molecule has 0 amide bonds. The number of hydrogen-bond acceptors (Lipinski definition) is 2. The number of hydrogen-bond donors (Lipinski definition) is 1. The third-order valence-corrected chi connectivity index (χ3v) is 2.45. The Balaban J connectivity index is 2.67. The molecule has 2 nitrogen and oxygen atoms in total. The van der Waals surface area contributed by atoms with Crippen molar-refractivity contribution in [2.75, 3.05) is 13.6 Å². The molecular formula is C11H16BrNO. The first kappa shape index (κ1) is 11.5. The van der Waals surface area contributed by atoms with E-state index in [1.165, 1.54) is 0 Å². The Bertz CT molecular complexity index is 301. The maximum absolute atomic E-state index is 5.76. The van der Waals surface area contributed by atoms with Gasteiger partial charge in [-0.25, -0.2) is 0 Å². The zero-order valence-electron chi connectivity index (χ0n) is 8.80. The standard InChI is InChI=1S/C11H16BrNO/c1-8-6-10(12)4-5-11(8)14-9(2)7-13-3/h4-6,9,13H,7H2,1-3H3. The molecule has 0 fully saturated rings. The molecule has 0 saturated carbocycles. The third kappa shape index (κ3) is 3.31. The van der Waals surface area contributed by atoms with Crippen LogP contribution in [0.15, 0.2) is 22.7 Å². The molecule has 1 aromatic rings. The van der Waals surface area contributed by atoms with E-state index in [2.05, 4.69) is 34.2 Å². The summed E-state index contributed by atoms with van der Waals surface area (Å²) in [4.78, 5) is 0. The lowest BCUT2D eigenvalue weighted by Gasteiger charge is -2.15. The number of benzene rings is 1. The summed E-state index contributed by atoms with van der Waals surface area (Å²) in [7, 11) is 1.92. The normalized spacial score (nSPS) is 12.6. The SMILES string of the molecule is CNCC(C)Oc1ccc(Br)cc1C. The van der Waals surface area contributed by atoms with E-state index in [0.717, 1.165) is 22.3 Å². The smallest absolute Gasteiger partial charge is 0.122 e. The lowest BCUT2D eigenvalue weighted by molar-refractivity contribution is 0.219. The van der Waals surface area contributed by atoms with Crippen LogP contribution in [-0.4, -0.2) is 19.7 Å². The van der Waals surface area contributed by atoms with Gasteiger partial charge in [0.15, 0.2) is 0 Å². The lowest BCUT2D eigenvalue weighted by atomic mass is 10.2. The number of likely N-dealkylation sites (N-methyl/N-ethyl adjacent to an activating group) is 1. The zero-order valence-corrected chi connectivity index (χ0v) is 10.4. The molecule has 0 heterocycles. The van der Waals surface area contributed by atoms with Gasteiger partial charge in [-0.15, -0.1) is 0 Å². The maximum atomic E-state index is 5.76. The predicted molar refractivity (Wildman–Crippen MR) is 62.9 cm³/mol. The van der Waals surface area contributed by atoms with Crippen molar-refractivity contribution in [1.29, 1.82) is 0 Å². The number of aryl methyl sites for hydroxylation is 1. The summed E-state index contributed by atoms with van der Waals surface area (Å²) in [6.45, 7) is 4.96. The van der Waals surface area contributed by atoms with Gasteiger partial charge < -0.3 is 10.1 Å². The van der Waals surface area contributed by atoms with Gasteiger partial charge in [-0.05, 0) is 44.7 Å². The Morgan fingerprint density at radius 1 is 1.50 bits per heavy atom. The zero-order chi connectivity index (χ0) is 10.6. The summed E-state index contributed by atoms with van der Waals surface area (Å²) in [6, 6.07) is 6.04. The molecule has 0 aromatic heterocycles. The molecule has 1 rings (SSSR count). The highest BCUT2D eigenvalue weighted by Crippen LogP contribution is 2.22. The van der Waals surface area contributed by atoms with E-state index in [0.29, 0.717) is 0 Å². The molecule has 1 N–H and O–H groups in total. The van der Waals surface area contributed by atoms with Gasteiger partial charge >= 0.3 is 0 Å². The Hall–Kier alpha value is -0.540. The molecule has 1 aromatic carbocycles. The van der Waals surface area contributed by atoms with Gasteiger partial charge in [0.2, 0.25) is 0 Å². The van der Waals surface area contributed by atoms with E-state index < -0.39 is 0 Å². The minimum atomic E-state index is 0.194. The lowest BCUT2D eigenvalue weighted by Crippen LogP contribution is -2.26. The third-order valence-electron chi connectivity index (χ3n) is 1.96. The Morgan fingerprint density at radius 2 is 2.21 bits per heavy atom. The van der Waals surface area contributed by atoms with Crippen molar-refractivity contribution in [2.24, 2.45) is 0 Å². The number of ether oxygens (including phenoxy) is 1. The van der Waals surface area contributed by atoms with Crippen LogP contribution in [0.1, 0.15) is 12.5 Å². The van der Waals surface area contributed by atoms with Crippen molar-refractivity contribution in [3.63, 3.8) is 0 Å². The molecule has 3 heteroatoms. The summed E-state index contributed by atoms with van der Waals surface area (Å²) in [5.74, 6) is 0.955. The molecule has 0 spiro atoms. The van der Waals surface area contributed by atoms with E-state index >= 15 is 0 Å². The quantitative estimate of drug-likeness (QED) is 0.896. The minimum Gasteiger partial charge on any atom is -0.489 e. The second-order valence-electron chi connectivity index (χ2n) is 3.40. The van der Waals surface area contributed by atoms with Gasteiger partial charge in [0.25, 0.3) is 0 Å². The van der Waals surface area contributed by atoms with Gasteiger partial charge in [-0.3, -0.25) is 0 Å². The van der Waals surface area contributed by atoms with E-state index in [1.807, 2.05) is 26.1 Å². The second-order valence-corrected chi connectivity index (χ2v) is 4.31. The monoisotopic (exact) mass is 257 g/mol. The van der Waals surface area contributed by atoms with Gasteiger partial charge in [0.05, 0.1) is 0 Å². The Labute approximate surface area is 93.8 Å².